The molecule has 2 aromatic carbocycles. The van der Waals surface area contributed by atoms with Gasteiger partial charge in [0.05, 0.1) is 13.7 Å². The molecule has 0 fully saturated rings. The molecule has 2 N–H and O–H groups in total. The summed E-state index contributed by atoms with van der Waals surface area (Å²) in [5.41, 5.74) is 4.01. The van der Waals surface area contributed by atoms with Gasteiger partial charge >= 0.3 is 0 Å². The van der Waals surface area contributed by atoms with Gasteiger partial charge in [-0.05, 0) is 56.5 Å². The van der Waals surface area contributed by atoms with Crippen molar-refractivity contribution in [2.75, 3.05) is 13.7 Å². The van der Waals surface area contributed by atoms with Crippen LogP contribution in [0.15, 0.2) is 42.0 Å². The zero-order valence-corrected chi connectivity index (χ0v) is 15.7. The summed E-state index contributed by atoms with van der Waals surface area (Å²) in [4.78, 5) is 0. The fourth-order valence-corrected chi connectivity index (χ4v) is 2.59. The van der Waals surface area contributed by atoms with Crippen LogP contribution in [-0.2, 0) is 6.42 Å². The van der Waals surface area contributed by atoms with E-state index in [9.17, 15) is 10.2 Å². The second kappa shape index (κ2) is 8.99. The summed E-state index contributed by atoms with van der Waals surface area (Å²) in [5, 5.41) is 19.8. The minimum absolute atomic E-state index is 0.102. The number of hydrogen-bond donors (Lipinski definition) is 2. The Kier molecular flexibility index (Phi) is 6.73. The van der Waals surface area contributed by atoms with Gasteiger partial charge in [-0.2, -0.15) is 0 Å². The molecule has 0 radical (unpaired) electrons. The van der Waals surface area contributed by atoms with Crippen molar-refractivity contribution in [1.82, 2.24) is 0 Å². The number of hydrogen-bond acceptors (Lipinski definition) is 4. The van der Waals surface area contributed by atoms with Crippen molar-refractivity contribution >= 4 is 12.2 Å². The lowest BCUT2D eigenvalue weighted by Gasteiger charge is -2.13. The molecule has 26 heavy (non-hydrogen) atoms. The molecule has 0 saturated heterocycles. The first-order chi connectivity index (χ1) is 12.4. The Bertz CT molecular complexity index is 815. The lowest BCUT2D eigenvalue weighted by Crippen LogP contribution is -1.98. The van der Waals surface area contributed by atoms with E-state index in [1.54, 1.807) is 30.3 Å². The van der Waals surface area contributed by atoms with E-state index >= 15 is 0 Å². The van der Waals surface area contributed by atoms with Crippen molar-refractivity contribution in [1.29, 1.82) is 0 Å². The molecule has 0 unspecified atom stereocenters. The maximum Gasteiger partial charge on any atom is 0.161 e. The van der Waals surface area contributed by atoms with Crippen LogP contribution in [0.3, 0.4) is 0 Å². The zero-order chi connectivity index (χ0) is 19.1. The van der Waals surface area contributed by atoms with Crippen molar-refractivity contribution in [3.8, 4) is 23.0 Å². The van der Waals surface area contributed by atoms with Crippen molar-refractivity contribution in [2.24, 2.45) is 0 Å². The topological polar surface area (TPSA) is 58.9 Å². The zero-order valence-electron chi connectivity index (χ0n) is 15.7. The number of methoxy groups -OCH3 is 1. The van der Waals surface area contributed by atoms with Gasteiger partial charge in [0.15, 0.2) is 11.5 Å². The fraction of sp³-hybridized carbons (Fsp3) is 0.273. The summed E-state index contributed by atoms with van der Waals surface area (Å²) in [5.74, 6) is 1.37. The summed E-state index contributed by atoms with van der Waals surface area (Å²) in [6.07, 6.45) is 6.70. The highest BCUT2D eigenvalue weighted by Gasteiger charge is 2.10. The quantitative estimate of drug-likeness (QED) is 0.531. The largest absolute Gasteiger partial charge is 0.508 e. The number of rotatable bonds is 7. The maximum absolute atomic E-state index is 10.1. The monoisotopic (exact) mass is 354 g/mol. The SMILES string of the molecule is CCOc1cc(O)cc(/C=C/c2ccc(O)c(OC)c2)c1CC=C(C)C. The number of phenolic OH excluding ortho intramolecular Hbond substituents is 2. The van der Waals surface area contributed by atoms with Crippen LogP contribution in [0.1, 0.15) is 37.5 Å². The van der Waals surface area contributed by atoms with Gasteiger partial charge in [-0.25, -0.2) is 0 Å². The molecule has 0 bridgehead atoms. The minimum Gasteiger partial charge on any atom is -0.508 e. The van der Waals surface area contributed by atoms with Crippen LogP contribution in [0.4, 0.5) is 0 Å². The third kappa shape index (κ3) is 5.06. The highest BCUT2D eigenvalue weighted by molar-refractivity contribution is 5.74. The fourth-order valence-electron chi connectivity index (χ4n) is 2.59. The van der Waals surface area contributed by atoms with Gasteiger partial charge in [0.1, 0.15) is 11.5 Å². The number of allylic oxidation sites excluding steroid dienone is 2. The summed E-state index contributed by atoms with van der Waals surface area (Å²) >= 11 is 0. The number of phenols is 2. The van der Waals surface area contributed by atoms with Crippen LogP contribution >= 0.6 is 0 Å². The Balaban J connectivity index is 2.44. The van der Waals surface area contributed by atoms with Crippen LogP contribution < -0.4 is 9.47 Å². The Morgan fingerprint density at radius 3 is 2.46 bits per heavy atom. The first kappa shape index (κ1) is 19.4. The smallest absolute Gasteiger partial charge is 0.161 e. The van der Waals surface area contributed by atoms with E-state index in [2.05, 4.69) is 19.9 Å². The van der Waals surface area contributed by atoms with Crippen molar-refractivity contribution in [3.05, 3.63) is 58.7 Å². The standard InChI is InChI=1S/C22H26O4/c1-5-26-21-14-18(23)13-17(19(21)10-6-15(2)3)9-7-16-8-11-20(24)22(12-16)25-4/h6-9,11-14,23-24H,5,10H2,1-4H3/b9-7+. The molecule has 0 aromatic heterocycles. The van der Waals surface area contributed by atoms with E-state index in [1.165, 1.54) is 12.7 Å². The molecule has 4 heteroatoms. The first-order valence-electron chi connectivity index (χ1n) is 8.61. The van der Waals surface area contributed by atoms with Crippen LogP contribution in [0.5, 0.6) is 23.0 Å². The lowest BCUT2D eigenvalue weighted by atomic mass is 10.00. The Morgan fingerprint density at radius 1 is 1.04 bits per heavy atom. The average Bonchev–Trinajstić information content (AvgIpc) is 2.60. The van der Waals surface area contributed by atoms with Gasteiger partial charge in [-0.1, -0.05) is 29.9 Å². The number of aromatic hydroxyl groups is 2. The first-order valence-corrected chi connectivity index (χ1v) is 8.61. The van der Waals surface area contributed by atoms with Crippen LogP contribution in [0.2, 0.25) is 0 Å². The predicted octanol–water partition coefficient (Wildman–Crippen LogP) is 5.18. The maximum atomic E-state index is 10.1. The van der Waals surface area contributed by atoms with E-state index in [0.717, 1.165) is 23.1 Å². The molecule has 2 rings (SSSR count). The summed E-state index contributed by atoms with van der Waals surface area (Å²) in [7, 11) is 1.52. The third-order valence-corrected chi connectivity index (χ3v) is 3.90. The van der Waals surface area contributed by atoms with Crippen molar-refractivity contribution in [2.45, 2.75) is 27.2 Å². The molecule has 4 nitrogen and oxygen atoms in total. The van der Waals surface area contributed by atoms with E-state index in [-0.39, 0.29) is 11.5 Å². The normalized spacial score (nSPS) is 10.8. The van der Waals surface area contributed by atoms with E-state index in [0.29, 0.717) is 18.1 Å². The second-order valence-electron chi connectivity index (χ2n) is 6.19. The van der Waals surface area contributed by atoms with Crippen molar-refractivity contribution in [3.63, 3.8) is 0 Å². The number of ether oxygens (including phenoxy) is 2. The van der Waals surface area contributed by atoms with Gasteiger partial charge in [-0.15, -0.1) is 0 Å². The van der Waals surface area contributed by atoms with Gasteiger partial charge in [-0.3, -0.25) is 0 Å². The minimum atomic E-state index is 0.102. The highest BCUT2D eigenvalue weighted by Crippen LogP contribution is 2.32. The van der Waals surface area contributed by atoms with E-state index < -0.39 is 0 Å². The Labute approximate surface area is 155 Å². The summed E-state index contributed by atoms with van der Waals surface area (Å²) < 4.78 is 10.9. The molecule has 0 amide bonds. The predicted molar refractivity (Wildman–Crippen MR) is 106 cm³/mol. The molecular formula is C22H26O4. The molecule has 0 heterocycles. The molecule has 0 aliphatic carbocycles. The van der Waals surface area contributed by atoms with Gasteiger partial charge < -0.3 is 19.7 Å². The van der Waals surface area contributed by atoms with Crippen molar-refractivity contribution < 1.29 is 19.7 Å². The molecular weight excluding hydrogens is 328 g/mol. The molecule has 138 valence electrons. The summed E-state index contributed by atoms with van der Waals surface area (Å²) in [6, 6.07) is 8.53. The lowest BCUT2D eigenvalue weighted by molar-refractivity contribution is 0.334. The highest BCUT2D eigenvalue weighted by atomic mass is 16.5. The van der Waals surface area contributed by atoms with E-state index in [4.69, 9.17) is 9.47 Å². The third-order valence-electron chi connectivity index (χ3n) is 3.90. The van der Waals surface area contributed by atoms with Crippen LogP contribution in [-0.4, -0.2) is 23.9 Å². The van der Waals surface area contributed by atoms with Crippen LogP contribution in [0, 0.1) is 0 Å². The number of benzene rings is 2. The Hall–Kier alpha value is -2.88. The molecule has 0 atom stereocenters. The van der Waals surface area contributed by atoms with Gasteiger partial charge in [0.25, 0.3) is 0 Å². The average molecular weight is 354 g/mol. The molecule has 0 aliphatic heterocycles. The van der Waals surface area contributed by atoms with E-state index in [1.807, 2.05) is 19.1 Å². The molecule has 0 saturated carbocycles. The molecule has 0 spiro atoms. The summed E-state index contributed by atoms with van der Waals surface area (Å²) in [6.45, 7) is 6.56. The molecule has 0 aliphatic rings. The van der Waals surface area contributed by atoms with Gasteiger partial charge in [0.2, 0.25) is 0 Å². The molecule has 2 aromatic rings. The Morgan fingerprint density at radius 2 is 1.81 bits per heavy atom. The second-order valence-corrected chi connectivity index (χ2v) is 6.19. The van der Waals surface area contributed by atoms with Crippen LogP contribution in [0.25, 0.3) is 12.2 Å². The van der Waals surface area contributed by atoms with Gasteiger partial charge in [0, 0.05) is 11.6 Å².